The van der Waals surface area contributed by atoms with E-state index in [0.717, 1.165) is 19.4 Å². The maximum Gasteiger partial charge on any atom is 0.213 e. The Morgan fingerprint density at radius 2 is 2.12 bits per heavy atom. The van der Waals surface area contributed by atoms with Crippen LogP contribution in [0.4, 0.5) is 0 Å². The summed E-state index contributed by atoms with van der Waals surface area (Å²) in [6, 6.07) is 0.761. The number of piperidine rings is 1. The third kappa shape index (κ3) is 3.64. The van der Waals surface area contributed by atoms with E-state index in [1.165, 1.54) is 19.4 Å². The van der Waals surface area contributed by atoms with Gasteiger partial charge in [0.15, 0.2) is 0 Å². The van der Waals surface area contributed by atoms with Crippen LogP contribution in [0.1, 0.15) is 25.7 Å². The standard InChI is InChI=1S/C11H23N3O2S/c1-12-5-8-17(15,16)13-10-4-7-14-6-2-3-11(14)9-10/h10-13H,2-9H2,1H3. The van der Waals surface area contributed by atoms with Crippen LogP contribution in [0.5, 0.6) is 0 Å². The second kappa shape index (κ2) is 5.65. The van der Waals surface area contributed by atoms with E-state index in [4.69, 9.17) is 0 Å². The van der Waals surface area contributed by atoms with Crippen molar-refractivity contribution in [3.63, 3.8) is 0 Å². The molecule has 0 aromatic rings. The predicted molar refractivity (Wildman–Crippen MR) is 68.5 cm³/mol. The summed E-state index contributed by atoms with van der Waals surface area (Å²) in [7, 11) is -1.33. The van der Waals surface area contributed by atoms with Crippen molar-refractivity contribution in [2.24, 2.45) is 0 Å². The Morgan fingerprint density at radius 1 is 1.29 bits per heavy atom. The minimum Gasteiger partial charge on any atom is -0.319 e. The van der Waals surface area contributed by atoms with Crippen molar-refractivity contribution in [1.82, 2.24) is 14.9 Å². The number of fused-ring (bicyclic) bond motifs is 1. The molecule has 2 atom stereocenters. The third-order valence-electron chi connectivity index (χ3n) is 3.79. The summed E-state index contributed by atoms with van der Waals surface area (Å²) in [6.45, 7) is 2.76. The van der Waals surface area contributed by atoms with Gasteiger partial charge in [0.1, 0.15) is 0 Å². The molecule has 17 heavy (non-hydrogen) atoms. The molecule has 100 valence electrons. The third-order valence-corrected chi connectivity index (χ3v) is 5.22. The van der Waals surface area contributed by atoms with Crippen LogP contribution in [0.3, 0.4) is 0 Å². The summed E-state index contributed by atoms with van der Waals surface area (Å²) in [5.74, 6) is 0.175. The molecule has 2 rings (SSSR count). The van der Waals surface area contributed by atoms with Crippen LogP contribution < -0.4 is 10.0 Å². The number of nitrogens with one attached hydrogen (secondary N) is 2. The molecule has 0 radical (unpaired) electrons. The molecule has 0 spiro atoms. The molecule has 2 unspecified atom stereocenters. The molecule has 6 heteroatoms. The quantitative estimate of drug-likeness (QED) is 0.716. The highest BCUT2D eigenvalue weighted by molar-refractivity contribution is 7.89. The molecular formula is C11H23N3O2S. The first-order valence-corrected chi connectivity index (χ1v) is 8.14. The van der Waals surface area contributed by atoms with E-state index in [9.17, 15) is 8.42 Å². The van der Waals surface area contributed by atoms with E-state index in [-0.39, 0.29) is 11.8 Å². The van der Waals surface area contributed by atoms with E-state index < -0.39 is 10.0 Å². The van der Waals surface area contributed by atoms with Crippen molar-refractivity contribution in [2.75, 3.05) is 32.4 Å². The molecule has 5 nitrogen and oxygen atoms in total. The van der Waals surface area contributed by atoms with Crippen LogP contribution >= 0.6 is 0 Å². The van der Waals surface area contributed by atoms with Gasteiger partial charge < -0.3 is 10.2 Å². The van der Waals surface area contributed by atoms with E-state index in [1.807, 2.05) is 0 Å². The van der Waals surface area contributed by atoms with Crippen molar-refractivity contribution in [3.05, 3.63) is 0 Å². The highest BCUT2D eigenvalue weighted by Gasteiger charge is 2.33. The van der Waals surface area contributed by atoms with Crippen LogP contribution in [-0.4, -0.2) is 57.8 Å². The first-order chi connectivity index (χ1) is 8.11. The fourth-order valence-electron chi connectivity index (χ4n) is 2.88. The topological polar surface area (TPSA) is 61.4 Å². The highest BCUT2D eigenvalue weighted by Crippen LogP contribution is 2.27. The minimum absolute atomic E-state index is 0.149. The van der Waals surface area contributed by atoms with Gasteiger partial charge in [-0.25, -0.2) is 13.1 Å². The van der Waals surface area contributed by atoms with Gasteiger partial charge in [-0.1, -0.05) is 0 Å². The van der Waals surface area contributed by atoms with Gasteiger partial charge in [0.05, 0.1) is 5.75 Å². The zero-order valence-electron chi connectivity index (χ0n) is 10.5. The molecule has 2 heterocycles. The van der Waals surface area contributed by atoms with Gasteiger partial charge in [0.25, 0.3) is 0 Å². The Hall–Kier alpha value is -0.170. The zero-order chi connectivity index (χ0) is 12.3. The number of nitrogens with zero attached hydrogens (tertiary/aromatic N) is 1. The Balaban J connectivity index is 1.83. The van der Waals surface area contributed by atoms with E-state index in [2.05, 4.69) is 14.9 Å². The summed E-state index contributed by atoms with van der Waals surface area (Å²) in [5, 5.41) is 2.87. The van der Waals surface area contributed by atoms with Gasteiger partial charge in [-0.05, 0) is 45.8 Å². The smallest absolute Gasteiger partial charge is 0.213 e. The normalized spacial score (nSPS) is 30.4. The van der Waals surface area contributed by atoms with Crippen LogP contribution in [0.15, 0.2) is 0 Å². The first kappa shape index (κ1) is 13.3. The summed E-state index contributed by atoms with van der Waals surface area (Å²) >= 11 is 0. The van der Waals surface area contributed by atoms with E-state index >= 15 is 0 Å². The van der Waals surface area contributed by atoms with Crippen molar-refractivity contribution < 1.29 is 8.42 Å². The molecular weight excluding hydrogens is 238 g/mol. The van der Waals surface area contributed by atoms with Crippen LogP contribution in [0, 0.1) is 0 Å². The number of rotatable bonds is 5. The van der Waals surface area contributed by atoms with Crippen LogP contribution in [-0.2, 0) is 10.0 Å². The molecule has 0 bridgehead atoms. The summed E-state index contributed by atoms with van der Waals surface area (Å²) < 4.78 is 26.4. The molecule has 0 aromatic heterocycles. The van der Waals surface area contributed by atoms with Gasteiger partial charge in [-0.15, -0.1) is 0 Å². The lowest BCUT2D eigenvalue weighted by Gasteiger charge is -2.34. The lowest BCUT2D eigenvalue weighted by molar-refractivity contribution is 0.176. The largest absolute Gasteiger partial charge is 0.319 e. The second-order valence-corrected chi connectivity index (χ2v) is 6.97. The lowest BCUT2D eigenvalue weighted by Crippen LogP contribution is -2.48. The maximum atomic E-state index is 11.8. The Morgan fingerprint density at radius 3 is 2.88 bits per heavy atom. The summed E-state index contributed by atoms with van der Waals surface area (Å²) in [5.41, 5.74) is 0. The SMILES string of the molecule is CNCCS(=O)(=O)NC1CCN2CCCC2C1. The molecule has 2 aliphatic rings. The number of hydrogen-bond donors (Lipinski definition) is 2. The minimum atomic E-state index is -3.10. The van der Waals surface area contributed by atoms with Crippen molar-refractivity contribution in [3.8, 4) is 0 Å². The lowest BCUT2D eigenvalue weighted by atomic mass is 9.99. The van der Waals surface area contributed by atoms with Crippen molar-refractivity contribution >= 4 is 10.0 Å². The van der Waals surface area contributed by atoms with Gasteiger partial charge in [-0.3, -0.25) is 0 Å². The monoisotopic (exact) mass is 261 g/mol. The average Bonchev–Trinajstić information content (AvgIpc) is 2.73. The molecule has 0 aromatic carbocycles. The summed E-state index contributed by atoms with van der Waals surface area (Å²) in [6.07, 6.45) is 4.44. The van der Waals surface area contributed by atoms with Crippen LogP contribution in [0.25, 0.3) is 0 Å². The van der Waals surface area contributed by atoms with Gasteiger partial charge in [0.2, 0.25) is 10.0 Å². The number of hydrogen-bond acceptors (Lipinski definition) is 4. The van der Waals surface area contributed by atoms with Gasteiger partial charge >= 0.3 is 0 Å². The second-order valence-electron chi connectivity index (χ2n) is 5.09. The maximum absolute atomic E-state index is 11.8. The molecule has 0 aliphatic carbocycles. The Labute approximate surface area is 104 Å². The average molecular weight is 261 g/mol. The highest BCUT2D eigenvalue weighted by atomic mass is 32.2. The Kier molecular flexibility index (Phi) is 4.41. The molecule has 0 saturated carbocycles. The van der Waals surface area contributed by atoms with Crippen molar-refractivity contribution in [2.45, 2.75) is 37.8 Å². The van der Waals surface area contributed by atoms with Crippen molar-refractivity contribution in [1.29, 1.82) is 0 Å². The molecule has 2 fully saturated rings. The van der Waals surface area contributed by atoms with Crippen LogP contribution in [0.2, 0.25) is 0 Å². The summed E-state index contributed by atoms with van der Waals surface area (Å²) in [4.78, 5) is 2.50. The fraction of sp³-hybridized carbons (Fsp3) is 1.00. The fourth-order valence-corrected chi connectivity index (χ4v) is 4.19. The van der Waals surface area contributed by atoms with E-state index in [1.54, 1.807) is 7.05 Å². The van der Waals surface area contributed by atoms with Gasteiger partial charge in [0, 0.05) is 18.6 Å². The zero-order valence-corrected chi connectivity index (χ0v) is 11.3. The molecule has 2 saturated heterocycles. The number of sulfonamides is 1. The Bertz CT molecular complexity index is 345. The molecule has 2 N–H and O–H groups in total. The first-order valence-electron chi connectivity index (χ1n) is 6.49. The molecule has 0 amide bonds. The predicted octanol–water partition coefficient (Wildman–Crippen LogP) is -0.248. The molecule has 2 aliphatic heterocycles. The van der Waals surface area contributed by atoms with E-state index in [0.29, 0.717) is 12.6 Å². The van der Waals surface area contributed by atoms with Gasteiger partial charge in [-0.2, -0.15) is 0 Å².